The Labute approximate surface area is 101 Å². The van der Waals surface area contributed by atoms with Gasteiger partial charge in [-0.3, -0.25) is 0 Å². The van der Waals surface area contributed by atoms with Crippen molar-refractivity contribution in [3.05, 3.63) is 24.0 Å². The molecule has 0 bridgehead atoms. The molecule has 1 aromatic rings. The zero-order valence-electron chi connectivity index (χ0n) is 10.6. The molecule has 0 radical (unpaired) electrons. The minimum Gasteiger partial charge on any atom is -0.463 e. The van der Waals surface area contributed by atoms with E-state index in [1.54, 1.807) is 13.0 Å². The third-order valence-corrected chi connectivity index (χ3v) is 2.19. The first kappa shape index (κ1) is 13.4. The number of hydrogen-bond acceptors (Lipinski definition) is 4. The van der Waals surface area contributed by atoms with Gasteiger partial charge in [0.15, 0.2) is 0 Å². The van der Waals surface area contributed by atoms with Crippen molar-refractivity contribution in [1.82, 2.24) is 15.0 Å². The van der Waals surface area contributed by atoms with Crippen LogP contribution in [0.4, 0.5) is 0 Å². The zero-order chi connectivity index (χ0) is 12.7. The molecular weight excluding hydrogens is 218 g/mol. The number of aromatic nitrogens is 3. The summed E-state index contributed by atoms with van der Waals surface area (Å²) >= 11 is 0. The Morgan fingerprint density at radius 2 is 2.35 bits per heavy atom. The van der Waals surface area contributed by atoms with Crippen molar-refractivity contribution in [3.63, 3.8) is 0 Å². The smallest absolute Gasteiger partial charge is 0.330 e. The molecule has 0 saturated heterocycles. The second-order valence-corrected chi connectivity index (χ2v) is 3.98. The molecule has 5 heteroatoms. The van der Waals surface area contributed by atoms with Gasteiger partial charge in [0.05, 0.1) is 12.3 Å². The van der Waals surface area contributed by atoms with Gasteiger partial charge >= 0.3 is 5.97 Å². The molecule has 94 valence electrons. The lowest BCUT2D eigenvalue weighted by atomic mass is 10.2. The van der Waals surface area contributed by atoms with Gasteiger partial charge in [0.2, 0.25) is 0 Å². The van der Waals surface area contributed by atoms with Gasteiger partial charge in [-0.25, -0.2) is 9.48 Å². The van der Waals surface area contributed by atoms with Gasteiger partial charge in [0.25, 0.3) is 0 Å². The van der Waals surface area contributed by atoms with E-state index in [1.165, 1.54) is 6.08 Å². The first-order valence-electron chi connectivity index (χ1n) is 5.87. The number of aryl methyl sites for hydroxylation is 1. The predicted octanol–water partition coefficient (Wildman–Crippen LogP) is 1.91. The second-order valence-electron chi connectivity index (χ2n) is 3.98. The third-order valence-electron chi connectivity index (χ3n) is 2.19. The molecule has 0 aliphatic heterocycles. The van der Waals surface area contributed by atoms with E-state index in [0.717, 1.165) is 18.5 Å². The maximum absolute atomic E-state index is 11.0. The molecule has 0 spiro atoms. The van der Waals surface area contributed by atoms with Gasteiger partial charge in [0.1, 0.15) is 0 Å². The number of allylic oxidation sites excluding steroid dienone is 1. The molecule has 0 aliphatic carbocycles. The molecule has 0 aromatic carbocycles. The van der Waals surface area contributed by atoms with Crippen LogP contribution in [-0.2, 0) is 16.0 Å². The summed E-state index contributed by atoms with van der Waals surface area (Å²) < 4.78 is 6.60. The fraction of sp³-hybridized carbons (Fsp3) is 0.583. The topological polar surface area (TPSA) is 57.0 Å². The van der Waals surface area contributed by atoms with Gasteiger partial charge in [-0.05, 0) is 33.6 Å². The van der Waals surface area contributed by atoms with Crippen LogP contribution in [0.3, 0.4) is 0 Å². The fourth-order valence-electron chi connectivity index (χ4n) is 1.28. The van der Waals surface area contributed by atoms with Crippen molar-refractivity contribution < 1.29 is 9.53 Å². The van der Waals surface area contributed by atoms with E-state index in [1.807, 2.05) is 10.9 Å². The fourth-order valence-corrected chi connectivity index (χ4v) is 1.28. The van der Waals surface area contributed by atoms with E-state index >= 15 is 0 Å². The first-order valence-corrected chi connectivity index (χ1v) is 5.87. The minimum atomic E-state index is -0.293. The van der Waals surface area contributed by atoms with E-state index in [-0.39, 0.29) is 5.97 Å². The highest BCUT2D eigenvalue weighted by Gasteiger charge is 2.02. The lowest BCUT2D eigenvalue weighted by Gasteiger charge is -2.00. The van der Waals surface area contributed by atoms with Crippen molar-refractivity contribution >= 4 is 5.97 Å². The highest BCUT2D eigenvalue weighted by molar-refractivity contribution is 5.81. The molecule has 0 fully saturated rings. The van der Waals surface area contributed by atoms with E-state index in [9.17, 15) is 4.79 Å². The van der Waals surface area contributed by atoms with Crippen LogP contribution in [0.2, 0.25) is 0 Å². The lowest BCUT2D eigenvalue weighted by Crippen LogP contribution is -2.00. The van der Waals surface area contributed by atoms with Gasteiger partial charge < -0.3 is 4.74 Å². The summed E-state index contributed by atoms with van der Waals surface area (Å²) in [6.07, 6.45) is 6.73. The minimum absolute atomic E-state index is 0.293. The summed E-state index contributed by atoms with van der Waals surface area (Å²) in [5.74, 6) is -0.293. The number of esters is 1. The van der Waals surface area contributed by atoms with Crippen LogP contribution in [0, 0.1) is 0 Å². The van der Waals surface area contributed by atoms with Crippen LogP contribution < -0.4 is 0 Å². The normalized spacial score (nSPS) is 11.3. The number of rotatable bonds is 6. The lowest BCUT2D eigenvalue weighted by molar-refractivity contribution is -0.137. The van der Waals surface area contributed by atoms with E-state index < -0.39 is 0 Å². The van der Waals surface area contributed by atoms with E-state index in [2.05, 4.69) is 24.2 Å². The van der Waals surface area contributed by atoms with Crippen molar-refractivity contribution in [2.45, 2.75) is 39.7 Å². The Bertz CT molecular complexity index is 383. The Balaban J connectivity index is 2.33. The van der Waals surface area contributed by atoms with Crippen molar-refractivity contribution in [1.29, 1.82) is 0 Å². The molecule has 5 nitrogen and oxygen atoms in total. The van der Waals surface area contributed by atoms with Gasteiger partial charge in [0, 0.05) is 18.3 Å². The molecule has 1 rings (SSSR count). The molecule has 0 aliphatic rings. The van der Waals surface area contributed by atoms with E-state index in [0.29, 0.717) is 12.6 Å². The summed E-state index contributed by atoms with van der Waals surface area (Å²) in [6.45, 7) is 6.31. The number of carbonyl (C=O) groups is 1. The van der Waals surface area contributed by atoms with Crippen molar-refractivity contribution in [2.75, 3.05) is 6.61 Å². The van der Waals surface area contributed by atoms with Gasteiger partial charge in [-0.2, -0.15) is 0 Å². The van der Waals surface area contributed by atoms with Crippen LogP contribution in [0.25, 0.3) is 0 Å². The molecule has 0 amide bonds. The van der Waals surface area contributed by atoms with Gasteiger partial charge in [-0.1, -0.05) is 11.3 Å². The standard InChI is InChI=1S/C12H19N3O2/c1-4-17-12(16)8-6-5-7-11-9-15(10(2)3)14-13-11/h6,8-10H,4-5,7H2,1-3H3/b8-6+. The Morgan fingerprint density at radius 1 is 1.59 bits per heavy atom. The highest BCUT2D eigenvalue weighted by atomic mass is 16.5. The average Bonchev–Trinajstić information content (AvgIpc) is 2.73. The number of carbonyl (C=O) groups excluding carboxylic acids is 1. The van der Waals surface area contributed by atoms with Crippen LogP contribution >= 0.6 is 0 Å². The van der Waals surface area contributed by atoms with Crippen molar-refractivity contribution in [2.24, 2.45) is 0 Å². The second kappa shape index (κ2) is 6.83. The highest BCUT2D eigenvalue weighted by Crippen LogP contribution is 2.04. The van der Waals surface area contributed by atoms with E-state index in [4.69, 9.17) is 4.74 Å². The average molecular weight is 237 g/mol. The summed E-state index contributed by atoms with van der Waals surface area (Å²) in [4.78, 5) is 11.0. The number of hydrogen-bond donors (Lipinski definition) is 0. The molecule has 1 heterocycles. The third kappa shape index (κ3) is 4.80. The monoisotopic (exact) mass is 237 g/mol. The Morgan fingerprint density at radius 3 is 2.94 bits per heavy atom. The molecule has 0 N–H and O–H groups in total. The molecule has 1 aromatic heterocycles. The summed E-state index contributed by atoms with van der Waals surface area (Å²) in [5, 5.41) is 8.06. The first-order chi connectivity index (χ1) is 8.13. The quantitative estimate of drug-likeness (QED) is 0.560. The maximum Gasteiger partial charge on any atom is 0.330 e. The summed E-state index contributed by atoms with van der Waals surface area (Å²) in [7, 11) is 0. The van der Waals surface area contributed by atoms with Crippen LogP contribution in [0.15, 0.2) is 18.3 Å². The van der Waals surface area contributed by atoms with Crippen molar-refractivity contribution in [3.8, 4) is 0 Å². The number of nitrogens with zero attached hydrogens (tertiary/aromatic N) is 3. The number of ether oxygens (including phenoxy) is 1. The predicted molar refractivity (Wildman–Crippen MR) is 64.5 cm³/mol. The molecular formula is C12H19N3O2. The Hall–Kier alpha value is -1.65. The van der Waals surface area contributed by atoms with Gasteiger partial charge in [-0.15, -0.1) is 5.10 Å². The molecule has 17 heavy (non-hydrogen) atoms. The molecule has 0 unspecified atom stereocenters. The molecule has 0 saturated carbocycles. The largest absolute Gasteiger partial charge is 0.463 e. The maximum atomic E-state index is 11.0. The zero-order valence-corrected chi connectivity index (χ0v) is 10.6. The van der Waals surface area contributed by atoms with Crippen LogP contribution in [0.1, 0.15) is 38.9 Å². The summed E-state index contributed by atoms with van der Waals surface area (Å²) in [5.41, 5.74) is 0.937. The SMILES string of the molecule is CCOC(=O)/C=C/CCc1cn(C(C)C)nn1. The molecule has 0 atom stereocenters. The van der Waals surface area contributed by atoms with Crippen LogP contribution in [-0.4, -0.2) is 27.6 Å². The Kier molecular flexibility index (Phi) is 5.39. The summed E-state index contributed by atoms with van der Waals surface area (Å²) in [6, 6.07) is 0.325. The van der Waals surface area contributed by atoms with Crippen LogP contribution in [0.5, 0.6) is 0 Å².